The molecule has 0 aliphatic carbocycles. The Morgan fingerprint density at radius 2 is 0.636 bits per heavy atom. The summed E-state index contributed by atoms with van der Waals surface area (Å²) in [5.41, 5.74) is 0.832. The third-order valence-corrected chi connectivity index (χ3v) is 11.0. The van der Waals surface area contributed by atoms with Crippen LogP contribution in [-0.4, -0.2) is 54.1 Å². The third kappa shape index (κ3) is 26.9. The van der Waals surface area contributed by atoms with Gasteiger partial charge in [0, 0.05) is 24.3 Å². The van der Waals surface area contributed by atoms with Crippen molar-refractivity contribution in [2.75, 3.05) is 13.2 Å². The van der Waals surface area contributed by atoms with Crippen LogP contribution in [0.4, 0.5) is 0 Å². The molecule has 0 radical (unpaired) electrons. The van der Waals surface area contributed by atoms with Gasteiger partial charge in [-0.1, -0.05) is 162 Å². The summed E-state index contributed by atoms with van der Waals surface area (Å²) in [7, 11) is 0. The lowest BCUT2D eigenvalue weighted by atomic mass is 9.93. The predicted molar refractivity (Wildman–Crippen MR) is 227 cm³/mol. The highest BCUT2D eigenvalue weighted by Gasteiger charge is 2.18. The van der Waals surface area contributed by atoms with E-state index >= 15 is 0 Å². The molecule has 0 spiro atoms. The molecule has 318 valence electrons. The van der Waals surface area contributed by atoms with Gasteiger partial charge >= 0.3 is 0 Å². The summed E-state index contributed by atoms with van der Waals surface area (Å²) in [6.07, 6.45) is 30.7. The third-order valence-electron chi connectivity index (χ3n) is 11.0. The maximum Gasteiger partial charge on any atom is 0.121 e. The zero-order valence-corrected chi connectivity index (χ0v) is 34.9. The number of unbranched alkanes of at least 4 members (excludes halogenated alkanes) is 21. The summed E-state index contributed by atoms with van der Waals surface area (Å²) in [6.45, 7) is 4.94. The molecular formula is C47H82O8. The maximum absolute atomic E-state index is 10.3. The van der Waals surface area contributed by atoms with Crippen LogP contribution in [0.5, 0.6) is 23.0 Å². The Morgan fingerprint density at radius 3 is 0.909 bits per heavy atom. The van der Waals surface area contributed by atoms with Crippen LogP contribution in [0.2, 0.25) is 0 Å². The van der Waals surface area contributed by atoms with E-state index in [2.05, 4.69) is 13.8 Å². The average Bonchev–Trinajstić information content (AvgIpc) is 3.16. The molecule has 2 aromatic carbocycles. The minimum atomic E-state index is -0.732. The minimum absolute atomic E-state index is 0.0425. The highest BCUT2D eigenvalue weighted by atomic mass is 16.3. The Bertz CT molecular complexity index is 1170. The molecule has 4 unspecified atom stereocenters. The van der Waals surface area contributed by atoms with Gasteiger partial charge in [-0.2, -0.15) is 0 Å². The molecular weight excluding hydrogens is 693 g/mol. The number of phenols is 4. The first-order valence-electron chi connectivity index (χ1n) is 22.2. The summed E-state index contributed by atoms with van der Waals surface area (Å²) < 4.78 is 0. The van der Waals surface area contributed by atoms with Crippen molar-refractivity contribution in [1.29, 1.82) is 0 Å². The quantitative estimate of drug-likeness (QED) is 0.0262. The molecule has 8 heteroatoms. The van der Waals surface area contributed by atoms with Crippen molar-refractivity contribution in [3.63, 3.8) is 0 Å². The van der Waals surface area contributed by atoms with Gasteiger partial charge in [0.1, 0.15) is 23.0 Å². The summed E-state index contributed by atoms with van der Waals surface area (Å²) in [5.74, 6) is 1.01. The van der Waals surface area contributed by atoms with Gasteiger partial charge in [0.05, 0.1) is 12.2 Å². The van der Waals surface area contributed by atoms with Gasteiger partial charge in [-0.05, 0) is 73.9 Å². The molecule has 0 fully saturated rings. The van der Waals surface area contributed by atoms with E-state index in [4.69, 9.17) is 10.2 Å². The van der Waals surface area contributed by atoms with Gasteiger partial charge in [0.25, 0.3) is 0 Å². The van der Waals surface area contributed by atoms with E-state index < -0.39 is 12.2 Å². The van der Waals surface area contributed by atoms with Crippen molar-refractivity contribution in [1.82, 2.24) is 0 Å². The largest absolute Gasteiger partial charge is 0.508 e. The normalized spacial score (nSPS) is 13.6. The fourth-order valence-electron chi connectivity index (χ4n) is 7.44. The molecule has 2 rings (SSSR count). The molecule has 0 saturated carbocycles. The van der Waals surface area contributed by atoms with Gasteiger partial charge in [0.15, 0.2) is 0 Å². The second kappa shape index (κ2) is 33.6. The lowest BCUT2D eigenvalue weighted by Gasteiger charge is -2.18. The fourth-order valence-corrected chi connectivity index (χ4v) is 7.44. The van der Waals surface area contributed by atoms with Crippen molar-refractivity contribution in [3.05, 3.63) is 47.5 Å². The van der Waals surface area contributed by atoms with Crippen LogP contribution in [0.3, 0.4) is 0 Å². The number of aliphatic hydroxyl groups is 4. The van der Waals surface area contributed by atoms with Gasteiger partial charge in [-0.15, -0.1) is 0 Å². The van der Waals surface area contributed by atoms with Crippen LogP contribution in [0, 0.1) is 11.8 Å². The predicted octanol–water partition coefficient (Wildman–Crippen LogP) is 12.1. The average molecular weight is 775 g/mol. The van der Waals surface area contributed by atoms with E-state index in [-0.39, 0.29) is 23.0 Å². The zero-order valence-electron chi connectivity index (χ0n) is 34.9. The summed E-state index contributed by atoms with van der Waals surface area (Å²) in [5, 5.41) is 76.8. The van der Waals surface area contributed by atoms with Crippen molar-refractivity contribution in [2.24, 2.45) is 11.8 Å². The summed E-state index contributed by atoms with van der Waals surface area (Å²) in [4.78, 5) is 0. The molecule has 8 N–H and O–H groups in total. The standard InChI is InChI=1S/C24H42O4.C23H40O4/c1-20(18-24(28)22-19-21(26)15-16-23(22)27)14-12-10-8-6-4-2-3-5-7-9-11-13-17-25;1-19(17-23(27)21-18-20(25)14-15-22(21)26)13-11-9-7-5-3-2-4-6-8-10-12-16-24/h15-16,19-20,24-28H,2-14,17-18H2,1H3;14-15,18-19,23-27H,2-13,16-17H2,1H3. The van der Waals surface area contributed by atoms with Gasteiger partial charge in [0.2, 0.25) is 0 Å². The minimum Gasteiger partial charge on any atom is -0.508 e. The highest BCUT2D eigenvalue weighted by molar-refractivity contribution is 5.40. The van der Waals surface area contributed by atoms with Crippen LogP contribution < -0.4 is 0 Å². The van der Waals surface area contributed by atoms with E-state index in [0.717, 1.165) is 32.1 Å². The SMILES string of the molecule is CC(CCCCCCCCCCCCCCO)CC(O)c1cc(O)ccc1O.CC(CCCCCCCCCCCCCO)CC(O)c1cc(O)ccc1O. The molecule has 2 aromatic rings. The van der Waals surface area contributed by atoms with Crippen molar-refractivity contribution in [3.8, 4) is 23.0 Å². The molecule has 0 aromatic heterocycles. The summed E-state index contributed by atoms with van der Waals surface area (Å²) in [6, 6.07) is 8.59. The van der Waals surface area contributed by atoms with Crippen molar-refractivity contribution < 1.29 is 40.9 Å². The van der Waals surface area contributed by atoms with E-state index in [1.165, 1.54) is 165 Å². The van der Waals surface area contributed by atoms with Gasteiger partial charge in [-0.3, -0.25) is 0 Å². The summed E-state index contributed by atoms with van der Waals surface area (Å²) >= 11 is 0. The number of rotatable bonds is 33. The molecule has 0 aliphatic heterocycles. The molecule has 0 bridgehead atoms. The van der Waals surface area contributed by atoms with E-state index in [1.807, 2.05) is 0 Å². The van der Waals surface area contributed by atoms with Crippen molar-refractivity contribution >= 4 is 0 Å². The Labute approximate surface area is 335 Å². The topological polar surface area (TPSA) is 162 Å². The lowest BCUT2D eigenvalue weighted by Crippen LogP contribution is -2.05. The monoisotopic (exact) mass is 775 g/mol. The van der Waals surface area contributed by atoms with E-state index in [9.17, 15) is 30.6 Å². The molecule has 0 heterocycles. The molecule has 55 heavy (non-hydrogen) atoms. The molecule has 0 aliphatic rings. The van der Waals surface area contributed by atoms with E-state index in [0.29, 0.717) is 49.0 Å². The number of benzene rings is 2. The Morgan fingerprint density at radius 1 is 0.382 bits per heavy atom. The highest BCUT2D eigenvalue weighted by Crippen LogP contribution is 2.34. The van der Waals surface area contributed by atoms with Crippen LogP contribution in [0.1, 0.15) is 211 Å². The Kier molecular flexibility index (Phi) is 30.9. The lowest BCUT2D eigenvalue weighted by molar-refractivity contribution is 0.140. The van der Waals surface area contributed by atoms with Crippen LogP contribution in [0.25, 0.3) is 0 Å². The zero-order chi connectivity index (χ0) is 40.5. The second-order valence-electron chi connectivity index (χ2n) is 16.4. The second-order valence-corrected chi connectivity index (χ2v) is 16.4. The smallest absolute Gasteiger partial charge is 0.121 e. The molecule has 8 nitrogen and oxygen atoms in total. The number of hydrogen-bond donors (Lipinski definition) is 8. The maximum atomic E-state index is 10.3. The van der Waals surface area contributed by atoms with Crippen LogP contribution >= 0.6 is 0 Å². The number of aromatic hydroxyl groups is 4. The van der Waals surface area contributed by atoms with Crippen molar-refractivity contribution in [2.45, 2.75) is 199 Å². The van der Waals surface area contributed by atoms with E-state index in [1.54, 1.807) is 0 Å². The number of hydrogen-bond acceptors (Lipinski definition) is 8. The van der Waals surface area contributed by atoms with Crippen LogP contribution in [0.15, 0.2) is 36.4 Å². The first-order chi connectivity index (χ1) is 26.6. The Hall–Kier alpha value is -2.52. The first kappa shape index (κ1) is 50.5. The van der Waals surface area contributed by atoms with Crippen LogP contribution in [-0.2, 0) is 0 Å². The number of phenolic OH excluding ortho intramolecular Hbond substituents is 4. The first-order valence-corrected chi connectivity index (χ1v) is 22.2. The molecule has 4 atom stereocenters. The molecule has 0 saturated heterocycles. The molecule has 0 amide bonds. The fraction of sp³-hybridized carbons (Fsp3) is 0.745. The van der Waals surface area contributed by atoms with Gasteiger partial charge in [-0.25, -0.2) is 0 Å². The number of aliphatic hydroxyl groups excluding tert-OH is 4. The van der Waals surface area contributed by atoms with Gasteiger partial charge < -0.3 is 40.9 Å². The Balaban J connectivity index is 0.000000550.